The molecule has 8 nitrogen and oxygen atoms in total. The second-order valence-electron chi connectivity index (χ2n) is 3.57. The Labute approximate surface area is 120 Å². The number of nitrogens with two attached hydrogens (primary N) is 1. The number of carbonyl (C=O) groups excluding carboxylic acids is 3. The minimum Gasteiger partial charge on any atom is -0.324 e. The summed E-state index contributed by atoms with van der Waals surface area (Å²) in [4.78, 5) is 28.3. The van der Waals surface area contributed by atoms with Gasteiger partial charge in [0.1, 0.15) is 6.29 Å². The van der Waals surface area contributed by atoms with Crippen LogP contribution in [0.2, 0.25) is 0 Å². The molecule has 2 amide bonds. The third-order valence-corrected chi connectivity index (χ3v) is 1.92. The van der Waals surface area contributed by atoms with Crippen LogP contribution in [0.1, 0.15) is 40.5 Å². The van der Waals surface area contributed by atoms with Crippen LogP contribution in [-0.4, -0.2) is 37.4 Å². The monoisotopic (exact) mass is 289 g/mol. The lowest BCUT2D eigenvalue weighted by Gasteiger charge is -2.07. The normalized spacial score (nSPS) is 10.8. The predicted octanol–water partition coefficient (Wildman–Crippen LogP) is -0.302. The van der Waals surface area contributed by atoms with E-state index in [4.69, 9.17) is 4.79 Å². The van der Waals surface area contributed by atoms with Crippen molar-refractivity contribution in [1.82, 2.24) is 16.3 Å². The van der Waals surface area contributed by atoms with Crippen molar-refractivity contribution >= 4 is 24.8 Å². The van der Waals surface area contributed by atoms with Crippen LogP contribution >= 0.6 is 0 Å². The van der Waals surface area contributed by atoms with Crippen LogP contribution in [-0.2, 0) is 14.4 Å². The van der Waals surface area contributed by atoms with Gasteiger partial charge in [0.05, 0.1) is 0 Å². The van der Waals surface area contributed by atoms with E-state index in [0.717, 1.165) is 18.6 Å². The van der Waals surface area contributed by atoms with Gasteiger partial charge in [0.25, 0.3) is 0 Å². The Morgan fingerprint density at radius 3 is 2.10 bits per heavy atom. The number of rotatable bonds is 8. The number of hydrazine groups is 1. The first kappa shape index (κ1) is 23.3. The molecule has 1 atom stereocenters. The van der Waals surface area contributed by atoms with E-state index in [2.05, 4.69) is 27.1 Å². The van der Waals surface area contributed by atoms with Crippen LogP contribution in [0.4, 0.5) is 0 Å². The zero-order valence-corrected chi connectivity index (χ0v) is 12.7. The van der Waals surface area contributed by atoms with Gasteiger partial charge in [0.2, 0.25) is 12.8 Å². The Hall–Kier alpha value is -1.80. The Kier molecular flexibility index (Phi) is 26.1. The van der Waals surface area contributed by atoms with E-state index < -0.39 is 0 Å². The summed E-state index contributed by atoms with van der Waals surface area (Å²) in [6, 6.07) is 0.361. The second kappa shape index (κ2) is 22.4. The average molecular weight is 289 g/mol. The summed E-state index contributed by atoms with van der Waals surface area (Å²) in [5.74, 6) is 0. The number of hydrazone groups is 1. The number of hydrogen-bond donors (Lipinski definition) is 4. The van der Waals surface area contributed by atoms with Gasteiger partial charge < -0.3 is 10.5 Å². The summed E-state index contributed by atoms with van der Waals surface area (Å²) in [5.41, 5.74) is 12.9. The first-order valence-electron chi connectivity index (χ1n) is 6.34. The molecule has 0 saturated carbocycles. The maximum absolute atomic E-state index is 9.65. The summed E-state index contributed by atoms with van der Waals surface area (Å²) in [7, 11) is 0. The summed E-state index contributed by atoms with van der Waals surface area (Å²) in [5, 5.41) is 3.66. The van der Waals surface area contributed by atoms with Crippen LogP contribution < -0.4 is 22.0 Å². The fourth-order valence-electron chi connectivity index (χ4n) is 0.494. The fraction of sp³-hybridized carbons (Fsp3) is 0.667. The van der Waals surface area contributed by atoms with Crippen molar-refractivity contribution < 1.29 is 14.4 Å². The molecule has 0 heterocycles. The lowest BCUT2D eigenvalue weighted by Crippen LogP contribution is -2.37. The molecule has 0 saturated heterocycles. The summed E-state index contributed by atoms with van der Waals surface area (Å²) >= 11 is 0. The molecule has 0 aromatic heterocycles. The Bertz CT molecular complexity index is 259. The van der Waals surface area contributed by atoms with Crippen molar-refractivity contribution in [3.8, 4) is 0 Å². The van der Waals surface area contributed by atoms with Gasteiger partial charge in [-0.1, -0.05) is 13.8 Å². The Balaban J connectivity index is -0.000000230. The first-order chi connectivity index (χ1) is 9.53. The van der Waals surface area contributed by atoms with Crippen LogP contribution in [0.5, 0.6) is 0 Å². The molecule has 0 aliphatic rings. The SMILES string of the molecule is CC/C(C)=N/NC=O.CCC(C)NNC=O.NCC=O. The van der Waals surface area contributed by atoms with Gasteiger partial charge in [-0.3, -0.25) is 15.0 Å². The minimum atomic E-state index is 0.139. The summed E-state index contributed by atoms with van der Waals surface area (Å²) < 4.78 is 0. The highest BCUT2D eigenvalue weighted by molar-refractivity contribution is 5.81. The van der Waals surface area contributed by atoms with Crippen molar-refractivity contribution in [2.75, 3.05) is 6.54 Å². The quantitative estimate of drug-likeness (QED) is 0.277. The largest absolute Gasteiger partial charge is 0.324 e. The van der Waals surface area contributed by atoms with Crippen molar-refractivity contribution in [2.45, 2.75) is 46.6 Å². The predicted molar refractivity (Wildman–Crippen MR) is 79.8 cm³/mol. The van der Waals surface area contributed by atoms with E-state index >= 15 is 0 Å². The molecule has 0 bridgehead atoms. The van der Waals surface area contributed by atoms with Crippen molar-refractivity contribution in [3.63, 3.8) is 0 Å². The lowest BCUT2D eigenvalue weighted by molar-refractivity contribution is -0.111. The van der Waals surface area contributed by atoms with E-state index in [9.17, 15) is 9.59 Å². The maximum Gasteiger partial charge on any atom is 0.227 e. The molecule has 0 aliphatic carbocycles. The van der Waals surface area contributed by atoms with Crippen molar-refractivity contribution in [1.29, 1.82) is 0 Å². The zero-order valence-electron chi connectivity index (χ0n) is 12.7. The highest BCUT2D eigenvalue weighted by atomic mass is 16.1. The molecule has 5 N–H and O–H groups in total. The van der Waals surface area contributed by atoms with Crippen LogP contribution in [0, 0.1) is 0 Å². The van der Waals surface area contributed by atoms with Crippen LogP contribution in [0.25, 0.3) is 0 Å². The molecule has 0 rings (SSSR count). The van der Waals surface area contributed by atoms with Gasteiger partial charge in [0.15, 0.2) is 0 Å². The van der Waals surface area contributed by atoms with Crippen molar-refractivity contribution in [3.05, 3.63) is 0 Å². The number of hydrogen-bond acceptors (Lipinski definition) is 6. The molecule has 118 valence electrons. The fourth-order valence-corrected chi connectivity index (χ4v) is 0.494. The van der Waals surface area contributed by atoms with Gasteiger partial charge in [-0.2, -0.15) is 5.10 Å². The highest BCUT2D eigenvalue weighted by Crippen LogP contribution is 1.82. The molecular weight excluding hydrogens is 262 g/mol. The molecule has 0 fully saturated rings. The lowest BCUT2D eigenvalue weighted by atomic mass is 10.3. The van der Waals surface area contributed by atoms with E-state index in [1.165, 1.54) is 0 Å². The average Bonchev–Trinajstić information content (AvgIpc) is 2.50. The van der Waals surface area contributed by atoms with Crippen LogP contribution in [0.15, 0.2) is 5.10 Å². The van der Waals surface area contributed by atoms with Gasteiger partial charge in [-0.15, -0.1) is 0 Å². The number of nitrogens with one attached hydrogen (secondary N) is 3. The maximum atomic E-state index is 9.65. The van der Waals surface area contributed by atoms with E-state index in [-0.39, 0.29) is 6.54 Å². The molecule has 20 heavy (non-hydrogen) atoms. The molecule has 0 aromatic rings. The number of aldehydes is 1. The summed E-state index contributed by atoms with van der Waals surface area (Å²) in [6.07, 6.45) is 3.73. The minimum absolute atomic E-state index is 0.139. The molecule has 0 radical (unpaired) electrons. The molecule has 8 heteroatoms. The van der Waals surface area contributed by atoms with Gasteiger partial charge in [-0.05, 0) is 26.7 Å². The highest BCUT2D eigenvalue weighted by Gasteiger charge is 1.91. The van der Waals surface area contributed by atoms with Gasteiger partial charge in [-0.25, -0.2) is 10.9 Å². The zero-order chi connectivity index (χ0) is 16.2. The first-order valence-corrected chi connectivity index (χ1v) is 6.34. The van der Waals surface area contributed by atoms with Gasteiger partial charge in [0, 0.05) is 18.3 Å². The smallest absolute Gasteiger partial charge is 0.227 e. The number of nitrogens with zero attached hydrogens (tertiary/aromatic N) is 1. The second-order valence-corrected chi connectivity index (χ2v) is 3.57. The van der Waals surface area contributed by atoms with Crippen LogP contribution in [0.3, 0.4) is 0 Å². The topological polar surface area (TPSA) is 126 Å². The standard InChI is InChI=1S/C5H12N2O.C5H10N2O.C2H5NO/c2*1-3-5(2)7-6-4-8;3-1-2-4/h4-5,7H,3H2,1-2H3,(H,6,8);4H,3H2,1-2H3,(H,6,8);2H,1,3H2/b;7-5+;. The third kappa shape index (κ3) is 29.8. The van der Waals surface area contributed by atoms with Gasteiger partial charge >= 0.3 is 0 Å². The molecule has 0 spiro atoms. The number of carbonyl (C=O) groups is 3. The molecule has 0 aliphatic heterocycles. The number of amides is 2. The Morgan fingerprint density at radius 2 is 1.80 bits per heavy atom. The molecule has 0 aromatic carbocycles. The Morgan fingerprint density at radius 1 is 1.25 bits per heavy atom. The molecule has 1 unspecified atom stereocenters. The van der Waals surface area contributed by atoms with E-state index in [1.807, 2.05) is 27.7 Å². The molecular formula is C12H27N5O3. The van der Waals surface area contributed by atoms with E-state index in [0.29, 0.717) is 25.1 Å². The van der Waals surface area contributed by atoms with E-state index in [1.54, 1.807) is 0 Å². The summed E-state index contributed by atoms with van der Waals surface area (Å²) in [6.45, 7) is 8.02. The third-order valence-electron chi connectivity index (χ3n) is 1.92. The van der Waals surface area contributed by atoms with Crippen molar-refractivity contribution in [2.24, 2.45) is 10.8 Å².